The largest absolute Gasteiger partial charge is 0.325 e. The second-order valence-corrected chi connectivity index (χ2v) is 5.36. The van der Waals surface area contributed by atoms with Gasteiger partial charge in [0.25, 0.3) is 0 Å². The first-order valence-electron chi connectivity index (χ1n) is 7.21. The minimum absolute atomic E-state index is 0.249. The Hall–Kier alpha value is -2.46. The Kier molecular flexibility index (Phi) is 3.77. The van der Waals surface area contributed by atoms with Crippen LogP contribution in [0.15, 0.2) is 48.5 Å². The fourth-order valence-electron chi connectivity index (χ4n) is 2.50. The molecule has 0 aliphatic carbocycles. The quantitative estimate of drug-likeness (QED) is 0.799. The van der Waals surface area contributed by atoms with Crippen LogP contribution in [0, 0.1) is 19.7 Å². The highest BCUT2D eigenvalue weighted by Crippen LogP contribution is 2.26. The van der Waals surface area contributed by atoms with Crippen molar-refractivity contribution in [2.45, 2.75) is 20.4 Å². The van der Waals surface area contributed by atoms with Crippen molar-refractivity contribution in [2.75, 3.05) is 0 Å². The summed E-state index contributed by atoms with van der Waals surface area (Å²) in [5.41, 5.74) is 11.8. The summed E-state index contributed by atoms with van der Waals surface area (Å²) >= 11 is 0. The van der Waals surface area contributed by atoms with Gasteiger partial charge in [-0.1, -0.05) is 12.1 Å². The molecule has 0 fully saturated rings. The monoisotopic (exact) mass is 295 g/mol. The molecule has 2 N–H and O–H groups in total. The summed E-state index contributed by atoms with van der Waals surface area (Å²) in [5, 5.41) is 4.60. The zero-order valence-corrected chi connectivity index (χ0v) is 12.7. The number of aryl methyl sites for hydroxylation is 1. The summed E-state index contributed by atoms with van der Waals surface area (Å²) in [6.07, 6.45) is 0. The number of aromatic nitrogens is 2. The van der Waals surface area contributed by atoms with Crippen molar-refractivity contribution in [3.63, 3.8) is 0 Å². The van der Waals surface area contributed by atoms with E-state index in [0.29, 0.717) is 6.54 Å². The summed E-state index contributed by atoms with van der Waals surface area (Å²) in [6, 6.07) is 14.5. The molecule has 0 saturated carbocycles. The highest BCUT2D eigenvalue weighted by molar-refractivity contribution is 5.63. The molecule has 1 aromatic heterocycles. The van der Waals surface area contributed by atoms with Gasteiger partial charge in [-0.2, -0.15) is 5.10 Å². The van der Waals surface area contributed by atoms with E-state index in [-0.39, 0.29) is 5.82 Å². The van der Waals surface area contributed by atoms with Gasteiger partial charge in [0.1, 0.15) is 5.82 Å². The molecule has 0 saturated heterocycles. The lowest BCUT2D eigenvalue weighted by atomic mass is 10.1. The van der Waals surface area contributed by atoms with Crippen molar-refractivity contribution in [2.24, 2.45) is 5.73 Å². The Balaban J connectivity index is 2.21. The lowest BCUT2D eigenvalue weighted by Gasteiger charge is -2.12. The number of rotatable bonds is 3. The van der Waals surface area contributed by atoms with Gasteiger partial charge in [0.05, 0.1) is 17.1 Å². The zero-order valence-electron chi connectivity index (χ0n) is 12.7. The third-order valence-electron chi connectivity index (χ3n) is 3.91. The highest BCUT2D eigenvalue weighted by atomic mass is 19.1. The molecule has 0 unspecified atom stereocenters. The number of hydrogen-bond acceptors (Lipinski definition) is 2. The molecule has 0 radical (unpaired) electrons. The summed E-state index contributed by atoms with van der Waals surface area (Å²) in [7, 11) is 0. The van der Waals surface area contributed by atoms with Crippen LogP contribution in [0.2, 0.25) is 0 Å². The van der Waals surface area contributed by atoms with Gasteiger partial charge in [0.15, 0.2) is 0 Å². The van der Waals surface area contributed by atoms with E-state index in [4.69, 9.17) is 5.73 Å². The number of hydrogen-bond donors (Lipinski definition) is 1. The summed E-state index contributed by atoms with van der Waals surface area (Å²) in [6.45, 7) is 4.51. The van der Waals surface area contributed by atoms with Crippen molar-refractivity contribution in [1.82, 2.24) is 9.78 Å². The third-order valence-corrected chi connectivity index (χ3v) is 3.91. The van der Waals surface area contributed by atoms with Gasteiger partial charge < -0.3 is 5.73 Å². The van der Waals surface area contributed by atoms with E-state index >= 15 is 0 Å². The number of benzene rings is 2. The lowest BCUT2D eigenvalue weighted by molar-refractivity contribution is 0.628. The van der Waals surface area contributed by atoms with Crippen LogP contribution in [0.25, 0.3) is 16.9 Å². The van der Waals surface area contributed by atoms with Crippen molar-refractivity contribution < 1.29 is 4.39 Å². The Bertz CT molecular complexity index is 804. The standard InChI is InChI=1S/C18H18FN3/c1-12-4-3-5-17(13(12)2)22-18(10-16(11-20)21-22)14-6-8-15(19)9-7-14/h3-10H,11,20H2,1-2H3. The average molecular weight is 295 g/mol. The Morgan fingerprint density at radius 3 is 2.50 bits per heavy atom. The second kappa shape index (κ2) is 5.73. The zero-order chi connectivity index (χ0) is 15.7. The molecule has 3 rings (SSSR count). The van der Waals surface area contributed by atoms with Gasteiger partial charge in [-0.25, -0.2) is 9.07 Å². The molecule has 0 amide bonds. The van der Waals surface area contributed by atoms with Crippen LogP contribution < -0.4 is 5.73 Å². The normalized spacial score (nSPS) is 10.9. The molecule has 0 bridgehead atoms. The first-order valence-corrected chi connectivity index (χ1v) is 7.21. The molecule has 3 nitrogen and oxygen atoms in total. The maximum Gasteiger partial charge on any atom is 0.123 e. The van der Waals surface area contributed by atoms with Crippen LogP contribution in [0.5, 0.6) is 0 Å². The van der Waals surface area contributed by atoms with E-state index in [1.165, 1.54) is 17.7 Å². The van der Waals surface area contributed by atoms with E-state index in [0.717, 1.165) is 28.2 Å². The van der Waals surface area contributed by atoms with Gasteiger partial charge in [-0.15, -0.1) is 0 Å². The van der Waals surface area contributed by atoms with Gasteiger partial charge in [0, 0.05) is 12.1 Å². The predicted molar refractivity (Wildman–Crippen MR) is 86.3 cm³/mol. The second-order valence-electron chi connectivity index (χ2n) is 5.36. The number of nitrogens with two attached hydrogens (primary N) is 1. The minimum atomic E-state index is -0.249. The Labute approximate surface area is 129 Å². The van der Waals surface area contributed by atoms with Gasteiger partial charge in [-0.05, 0) is 61.4 Å². The van der Waals surface area contributed by atoms with Crippen molar-refractivity contribution in [3.05, 3.63) is 71.2 Å². The molecule has 22 heavy (non-hydrogen) atoms. The van der Waals surface area contributed by atoms with E-state index in [9.17, 15) is 4.39 Å². The van der Waals surface area contributed by atoms with Crippen molar-refractivity contribution in [1.29, 1.82) is 0 Å². The molecule has 4 heteroatoms. The van der Waals surface area contributed by atoms with Crippen LogP contribution in [-0.4, -0.2) is 9.78 Å². The highest BCUT2D eigenvalue weighted by Gasteiger charge is 2.13. The molecule has 112 valence electrons. The summed E-state index contributed by atoms with van der Waals surface area (Å²) in [4.78, 5) is 0. The summed E-state index contributed by atoms with van der Waals surface area (Å²) in [5.74, 6) is -0.249. The van der Waals surface area contributed by atoms with Crippen molar-refractivity contribution in [3.8, 4) is 16.9 Å². The molecule has 3 aromatic rings. The minimum Gasteiger partial charge on any atom is -0.325 e. The summed E-state index contributed by atoms with van der Waals surface area (Å²) < 4.78 is 15.1. The maximum atomic E-state index is 13.2. The van der Waals surface area contributed by atoms with Gasteiger partial charge >= 0.3 is 0 Å². The molecule has 2 aromatic carbocycles. The fraction of sp³-hybridized carbons (Fsp3) is 0.167. The SMILES string of the molecule is Cc1cccc(-n2nc(CN)cc2-c2ccc(F)cc2)c1C. The lowest BCUT2D eigenvalue weighted by Crippen LogP contribution is -2.04. The van der Waals surface area contributed by atoms with E-state index in [1.54, 1.807) is 12.1 Å². The third kappa shape index (κ3) is 2.53. The van der Waals surface area contributed by atoms with Crippen molar-refractivity contribution >= 4 is 0 Å². The number of nitrogens with zero attached hydrogens (tertiary/aromatic N) is 2. The van der Waals surface area contributed by atoms with Crippen LogP contribution >= 0.6 is 0 Å². The Morgan fingerprint density at radius 2 is 1.82 bits per heavy atom. The number of halogens is 1. The predicted octanol–water partition coefficient (Wildman–Crippen LogP) is 3.75. The molecular formula is C18H18FN3. The molecule has 0 aliphatic heterocycles. The van der Waals surface area contributed by atoms with E-state index in [2.05, 4.69) is 25.0 Å². The smallest absolute Gasteiger partial charge is 0.123 e. The molecular weight excluding hydrogens is 277 g/mol. The van der Waals surface area contributed by atoms with Gasteiger partial charge in [-0.3, -0.25) is 0 Å². The first kappa shape index (κ1) is 14.5. The molecule has 0 spiro atoms. The Morgan fingerprint density at radius 1 is 1.09 bits per heavy atom. The molecule has 0 atom stereocenters. The molecule has 0 aliphatic rings. The fourth-order valence-corrected chi connectivity index (χ4v) is 2.50. The topological polar surface area (TPSA) is 43.8 Å². The van der Waals surface area contributed by atoms with Gasteiger partial charge in [0.2, 0.25) is 0 Å². The van der Waals surface area contributed by atoms with Crippen LogP contribution in [0.1, 0.15) is 16.8 Å². The van der Waals surface area contributed by atoms with Crippen LogP contribution in [-0.2, 0) is 6.54 Å². The average Bonchev–Trinajstić information content (AvgIpc) is 2.95. The van der Waals surface area contributed by atoms with Crippen LogP contribution in [0.4, 0.5) is 4.39 Å². The molecule has 1 heterocycles. The maximum absolute atomic E-state index is 13.2. The van der Waals surface area contributed by atoms with Crippen LogP contribution in [0.3, 0.4) is 0 Å². The van der Waals surface area contributed by atoms with E-state index in [1.807, 2.05) is 22.9 Å². The first-order chi connectivity index (χ1) is 10.6. The van der Waals surface area contributed by atoms with E-state index < -0.39 is 0 Å².